The van der Waals surface area contributed by atoms with Gasteiger partial charge in [-0.2, -0.15) is 13.2 Å². The van der Waals surface area contributed by atoms with E-state index >= 15 is 0 Å². The average molecular weight is 831 g/mol. The maximum atomic E-state index is 12.5. The summed E-state index contributed by atoms with van der Waals surface area (Å²) in [5.41, 5.74) is 4.92. The summed E-state index contributed by atoms with van der Waals surface area (Å²) in [4.78, 5) is 69.7. The molecule has 0 unspecified atom stereocenters. The van der Waals surface area contributed by atoms with Crippen LogP contribution in [0.25, 0.3) is 0 Å². The molecule has 0 aromatic heterocycles. The average Bonchev–Trinajstić information content (AvgIpc) is 3.77. The first-order valence-corrected chi connectivity index (χ1v) is 23.6. The molecule has 0 saturated heterocycles. The van der Waals surface area contributed by atoms with Crippen LogP contribution in [0.15, 0.2) is 0 Å². The van der Waals surface area contributed by atoms with Crippen molar-refractivity contribution in [2.45, 2.75) is 135 Å². The zero-order valence-electron chi connectivity index (χ0n) is 33.6. The van der Waals surface area contributed by atoms with Gasteiger partial charge in [-0.25, -0.2) is 4.79 Å². The second kappa shape index (κ2) is 25.3. The van der Waals surface area contributed by atoms with Gasteiger partial charge in [-0.1, -0.05) is 25.7 Å². The molecule has 55 heavy (non-hydrogen) atoms. The van der Waals surface area contributed by atoms with Gasteiger partial charge in [-0.05, 0) is 111 Å². The van der Waals surface area contributed by atoms with E-state index in [0.29, 0.717) is 38.8 Å². The molecule has 0 bridgehead atoms. The highest BCUT2D eigenvalue weighted by molar-refractivity contribution is 8.01. The molecule has 3 amide bonds. The molecule has 0 aromatic carbocycles. The zero-order valence-corrected chi connectivity index (χ0v) is 35.2. The van der Waals surface area contributed by atoms with E-state index in [2.05, 4.69) is 16.0 Å². The molecule has 2 rings (SSSR count). The second-order valence-electron chi connectivity index (χ2n) is 15.6. The highest BCUT2D eigenvalue weighted by Gasteiger charge is 2.28. The third kappa shape index (κ3) is 28.1. The molecule has 2 fully saturated rings. The van der Waals surface area contributed by atoms with Gasteiger partial charge in [0.05, 0.1) is 12.1 Å². The van der Waals surface area contributed by atoms with Gasteiger partial charge >= 0.3 is 12.3 Å². The molecule has 2 aliphatic rings. The molecule has 2 saturated carbocycles. The number of unbranched alkanes of at least 4 members (excludes halogenated alkanes) is 2. The molecular formula is C37H65F3N4O9S2. The molecule has 0 heterocycles. The van der Waals surface area contributed by atoms with Crippen LogP contribution in [0.3, 0.4) is 0 Å². The summed E-state index contributed by atoms with van der Waals surface area (Å²) in [6, 6.07) is -1.24. The number of ether oxygens (including phenoxy) is 1. The summed E-state index contributed by atoms with van der Waals surface area (Å²) < 4.78 is 60.1. The molecule has 2 aliphatic carbocycles. The Hall–Kier alpha value is -2.99. The first-order chi connectivity index (χ1) is 25.3. The molecule has 320 valence electrons. The molecule has 5 N–H and O–H groups in total. The first-order valence-electron chi connectivity index (χ1n) is 18.7. The molecule has 18 heteroatoms. The van der Waals surface area contributed by atoms with Crippen LogP contribution in [0, 0.1) is 11.8 Å². The predicted octanol–water partition coefficient (Wildman–Crippen LogP) is 3.73. The monoisotopic (exact) mass is 830 g/mol. The summed E-state index contributed by atoms with van der Waals surface area (Å²) in [5, 5.41) is 10.9. The van der Waals surface area contributed by atoms with E-state index in [9.17, 15) is 45.6 Å². The summed E-state index contributed by atoms with van der Waals surface area (Å²) in [6.45, 7) is 6.39. The quantitative estimate of drug-likeness (QED) is 0.0949. The Bertz CT molecular complexity index is 1490. The number of rotatable bonds is 17. The maximum Gasteiger partial charge on any atom is 0.446 e. The largest absolute Gasteiger partial charge is 0.446 e. The number of nitrogens with one attached hydrogen (secondary N) is 3. The fourth-order valence-corrected chi connectivity index (χ4v) is 7.17. The van der Waals surface area contributed by atoms with Crippen LogP contribution >= 0.6 is 0 Å². The molecule has 2 atom stereocenters. The van der Waals surface area contributed by atoms with Gasteiger partial charge in [0, 0.05) is 54.1 Å². The van der Waals surface area contributed by atoms with Crippen molar-refractivity contribution in [2.75, 3.05) is 38.1 Å². The lowest BCUT2D eigenvalue weighted by Crippen LogP contribution is -2.44. The van der Waals surface area contributed by atoms with Crippen LogP contribution in [0.5, 0.6) is 0 Å². The van der Waals surface area contributed by atoms with Gasteiger partial charge in [-0.15, -0.1) is 0 Å². The van der Waals surface area contributed by atoms with Crippen LogP contribution in [-0.2, 0) is 47.8 Å². The Labute approximate surface area is 326 Å². The first kappa shape index (κ1) is 52.0. The van der Waals surface area contributed by atoms with Crippen molar-refractivity contribution < 1.29 is 55.1 Å². The number of hydrogen-bond acceptors (Lipinski definition) is 10. The normalized spacial score (nSPS) is 16.2. The summed E-state index contributed by atoms with van der Waals surface area (Å²) >= 11 is 0. The van der Waals surface area contributed by atoms with E-state index in [0.717, 1.165) is 64.2 Å². The van der Waals surface area contributed by atoms with Crippen molar-refractivity contribution in [1.29, 1.82) is 0 Å². The lowest BCUT2D eigenvalue weighted by atomic mass is 10.0. The number of alkyl halides is 3. The number of aldehydes is 1. The number of halogens is 3. The molecule has 0 spiro atoms. The zero-order chi connectivity index (χ0) is 42.5. The van der Waals surface area contributed by atoms with Crippen molar-refractivity contribution >= 4 is 65.5 Å². The van der Waals surface area contributed by atoms with E-state index in [1.165, 1.54) is 35.8 Å². The van der Waals surface area contributed by atoms with Gasteiger partial charge in [0.1, 0.15) is 5.60 Å². The number of carbonyl (C=O) groups is 6. The fraction of sp³-hybridized carbons (Fsp3) is 0.784. The van der Waals surface area contributed by atoms with Crippen LogP contribution < -0.4 is 21.7 Å². The molecular weight excluding hydrogens is 766 g/mol. The Morgan fingerprint density at radius 1 is 0.727 bits per heavy atom. The van der Waals surface area contributed by atoms with Crippen LogP contribution in [0.2, 0.25) is 0 Å². The molecule has 0 aromatic rings. The predicted molar refractivity (Wildman–Crippen MR) is 213 cm³/mol. The number of ketones is 2. The smallest absolute Gasteiger partial charge is 0.444 e. The minimum atomic E-state index is -4.64. The Morgan fingerprint density at radius 2 is 1.09 bits per heavy atom. The number of carbonyl (C=O) groups excluding carboxylic acids is 6. The van der Waals surface area contributed by atoms with E-state index in [1.807, 2.05) is 0 Å². The van der Waals surface area contributed by atoms with Gasteiger partial charge in [-0.3, -0.25) is 32.4 Å². The summed E-state index contributed by atoms with van der Waals surface area (Å²) in [7, 11) is -4.59. The van der Waals surface area contributed by atoms with E-state index in [-0.39, 0.29) is 35.2 Å². The highest BCUT2D eigenvalue weighted by Crippen LogP contribution is 2.26. The Kier molecular flexibility index (Phi) is 23.9. The fourth-order valence-electron chi connectivity index (χ4n) is 5.72. The van der Waals surface area contributed by atoms with Gasteiger partial charge < -0.3 is 26.4 Å². The van der Waals surface area contributed by atoms with Crippen LogP contribution in [0.4, 0.5) is 18.0 Å². The number of nitrogens with two attached hydrogens (primary N) is 1. The molecule has 0 radical (unpaired) electrons. The number of Topliss-reactive ketones (excluding diaryl/α,β-unsaturated/α-hetero) is 2. The van der Waals surface area contributed by atoms with Crippen LogP contribution in [-0.4, -0.2) is 117 Å². The topological polar surface area (TPSA) is 208 Å². The highest BCUT2D eigenvalue weighted by atomic mass is 32.2. The summed E-state index contributed by atoms with van der Waals surface area (Å²) in [6.07, 6.45) is 11.5. The maximum absolute atomic E-state index is 12.5. The van der Waals surface area contributed by atoms with Gasteiger partial charge in [0.2, 0.25) is 18.1 Å². The number of amides is 3. The summed E-state index contributed by atoms with van der Waals surface area (Å²) in [5.74, 6) is -0.672. The Morgan fingerprint density at radius 3 is 1.40 bits per heavy atom. The Balaban J connectivity index is 0.000000949. The minimum Gasteiger partial charge on any atom is -0.444 e. The third-order valence-corrected chi connectivity index (χ3v) is 9.84. The SMILES string of the molecule is CC(C)(C)OC(=O)NCCCC[C@H](NC(=O)C1CCCC1)C(=O)C=S(C)(C)=O.CS(C)(=O)=CC(=O)[C@H](CCCCN)NC(=O)C1CCCC1.O=CC(F)(F)F. The van der Waals surface area contributed by atoms with E-state index in [1.54, 1.807) is 20.8 Å². The van der Waals surface area contributed by atoms with Gasteiger partial charge in [0.25, 0.3) is 0 Å². The van der Waals surface area contributed by atoms with E-state index in [4.69, 9.17) is 15.3 Å². The van der Waals surface area contributed by atoms with Crippen molar-refractivity contribution in [3.8, 4) is 0 Å². The minimum absolute atomic E-state index is 0.0300. The van der Waals surface area contributed by atoms with Crippen LogP contribution in [0.1, 0.15) is 111 Å². The molecule has 0 aliphatic heterocycles. The van der Waals surface area contributed by atoms with Crippen molar-refractivity contribution in [3.63, 3.8) is 0 Å². The number of alkyl carbamates (subject to hydrolysis) is 1. The van der Waals surface area contributed by atoms with Gasteiger partial charge in [0.15, 0.2) is 11.6 Å². The lowest BCUT2D eigenvalue weighted by molar-refractivity contribution is -0.156. The lowest BCUT2D eigenvalue weighted by Gasteiger charge is -2.20. The second-order valence-corrected chi connectivity index (χ2v) is 21.3. The number of hydrogen-bond donors (Lipinski definition) is 4. The van der Waals surface area contributed by atoms with Crippen molar-refractivity contribution in [1.82, 2.24) is 16.0 Å². The molecule has 13 nitrogen and oxygen atoms in total. The third-order valence-electron chi connectivity index (χ3n) is 8.24. The standard InChI is InChI=1S/C20H36N2O5S.C15H28N2O3S.C2HF3O/c1-20(2,3)27-19(25)21-13-9-8-12-16(17(23)14-28(4,5)26)22-18(24)15-10-6-7-11-15;1-21(2,20)11-14(18)13(9-5-6-10-16)17-15(19)12-7-3-4-8-12;3-2(4,5)1-6/h14-16H,6-13H2,1-5H3,(H,21,25)(H,22,24);11-13H,3-10,16H2,1-2H3,(H,17,19);1H/t16-;13-;/m00./s1. The van der Waals surface area contributed by atoms with Crippen molar-refractivity contribution in [2.24, 2.45) is 17.6 Å². The van der Waals surface area contributed by atoms with E-state index < -0.39 is 55.3 Å². The van der Waals surface area contributed by atoms with Crippen molar-refractivity contribution in [3.05, 3.63) is 0 Å².